The molecule has 1 rings (SSSR count). The second kappa shape index (κ2) is 5.83. The van der Waals surface area contributed by atoms with Crippen LogP contribution in [0.4, 0.5) is 14.5 Å². The summed E-state index contributed by atoms with van der Waals surface area (Å²) in [5, 5.41) is 14.2. The molecule has 104 valence electrons. The molecule has 0 aliphatic rings. The number of alkyl halides is 2. The summed E-state index contributed by atoms with van der Waals surface area (Å²) in [4.78, 5) is 21.9. The summed E-state index contributed by atoms with van der Waals surface area (Å²) in [6.45, 7) is 3.03. The maximum absolute atomic E-state index is 13.8. The van der Waals surface area contributed by atoms with E-state index in [9.17, 15) is 23.6 Å². The van der Waals surface area contributed by atoms with Crippen LogP contribution in [-0.4, -0.2) is 23.0 Å². The van der Waals surface area contributed by atoms with E-state index >= 15 is 0 Å². The molecule has 0 aromatic heterocycles. The number of aliphatic hydroxyl groups is 1. The lowest BCUT2D eigenvalue weighted by atomic mass is 10.0. The second-order valence-electron chi connectivity index (χ2n) is 4.30. The number of carbonyl (C=O) groups is 1. The van der Waals surface area contributed by atoms with Crippen LogP contribution in [0.5, 0.6) is 0 Å². The highest BCUT2D eigenvalue weighted by Crippen LogP contribution is 2.36. The molecule has 0 saturated carbocycles. The number of halogens is 2. The van der Waals surface area contributed by atoms with Crippen molar-refractivity contribution in [2.24, 2.45) is 5.18 Å². The van der Waals surface area contributed by atoms with Gasteiger partial charge in [-0.15, -0.1) is 4.91 Å². The van der Waals surface area contributed by atoms with Crippen LogP contribution in [0.3, 0.4) is 0 Å². The fourth-order valence-electron chi connectivity index (χ4n) is 1.48. The van der Waals surface area contributed by atoms with Gasteiger partial charge < -0.3 is 10.4 Å². The van der Waals surface area contributed by atoms with Gasteiger partial charge in [-0.25, -0.2) is 0 Å². The van der Waals surface area contributed by atoms with Gasteiger partial charge in [-0.1, -0.05) is 18.2 Å². The molecule has 1 atom stereocenters. The molecular formula is C12H14F2N2O3. The fraction of sp³-hybridized carbons (Fsp3) is 0.417. The first-order valence-corrected chi connectivity index (χ1v) is 5.59. The molecule has 0 aliphatic heterocycles. The number of nitrogens with zero attached hydrogens (tertiary/aromatic N) is 1. The average molecular weight is 272 g/mol. The van der Waals surface area contributed by atoms with E-state index in [2.05, 4.69) is 5.18 Å². The lowest BCUT2D eigenvalue weighted by molar-refractivity contribution is -0.164. The van der Waals surface area contributed by atoms with Crippen molar-refractivity contribution in [3.05, 3.63) is 34.7 Å². The third-order valence-corrected chi connectivity index (χ3v) is 2.40. The van der Waals surface area contributed by atoms with Crippen LogP contribution in [0.25, 0.3) is 0 Å². The number of rotatable bonds is 5. The van der Waals surface area contributed by atoms with Crippen molar-refractivity contribution in [1.29, 1.82) is 0 Å². The third-order valence-electron chi connectivity index (χ3n) is 2.40. The monoisotopic (exact) mass is 272 g/mol. The van der Waals surface area contributed by atoms with Crippen molar-refractivity contribution >= 4 is 11.6 Å². The number of nitrogens with one attached hydrogen (secondary N) is 1. The molecule has 0 saturated heterocycles. The molecule has 1 amide bonds. The lowest BCUT2D eigenvalue weighted by Crippen LogP contribution is -2.46. The number of hydrogen-bond donors (Lipinski definition) is 2. The molecule has 0 radical (unpaired) electrons. The summed E-state index contributed by atoms with van der Waals surface area (Å²) in [6.07, 6.45) is -2.43. The Kier molecular flexibility index (Phi) is 4.66. The van der Waals surface area contributed by atoms with Crippen LogP contribution >= 0.6 is 0 Å². The Labute approximate surface area is 108 Å². The molecule has 0 spiro atoms. The zero-order valence-electron chi connectivity index (χ0n) is 10.4. The molecule has 0 bridgehead atoms. The summed E-state index contributed by atoms with van der Waals surface area (Å²) in [5.41, 5.74) is -0.714. The quantitative estimate of drug-likeness (QED) is 0.807. The highest BCUT2D eigenvalue weighted by atomic mass is 19.3. The van der Waals surface area contributed by atoms with Gasteiger partial charge in [0.15, 0.2) is 6.10 Å². The number of amides is 1. The first kappa shape index (κ1) is 15.2. The molecule has 0 aliphatic carbocycles. The smallest absolute Gasteiger partial charge is 0.353 e. The third kappa shape index (κ3) is 3.31. The van der Waals surface area contributed by atoms with Gasteiger partial charge in [-0.05, 0) is 25.1 Å². The minimum absolute atomic E-state index is 0.327. The Morgan fingerprint density at radius 2 is 1.95 bits per heavy atom. The van der Waals surface area contributed by atoms with Gasteiger partial charge in [-0.2, -0.15) is 8.78 Å². The van der Waals surface area contributed by atoms with E-state index in [0.717, 1.165) is 6.07 Å². The van der Waals surface area contributed by atoms with Crippen molar-refractivity contribution in [2.75, 3.05) is 0 Å². The van der Waals surface area contributed by atoms with Gasteiger partial charge in [0.2, 0.25) is 0 Å². The maximum atomic E-state index is 13.8. The van der Waals surface area contributed by atoms with Gasteiger partial charge >= 0.3 is 5.92 Å². The van der Waals surface area contributed by atoms with Crippen LogP contribution < -0.4 is 5.32 Å². The average Bonchev–Trinajstić information content (AvgIpc) is 2.36. The van der Waals surface area contributed by atoms with Crippen LogP contribution in [0.15, 0.2) is 29.4 Å². The maximum Gasteiger partial charge on any atom is 0.353 e. The summed E-state index contributed by atoms with van der Waals surface area (Å²) in [6, 6.07) is 4.59. The van der Waals surface area contributed by atoms with E-state index in [1.54, 1.807) is 0 Å². The zero-order chi connectivity index (χ0) is 14.6. The van der Waals surface area contributed by atoms with Gasteiger partial charge in [-0.3, -0.25) is 4.79 Å². The first-order chi connectivity index (χ1) is 8.80. The number of carbonyl (C=O) groups excluding carboxylic acids is 1. The van der Waals surface area contributed by atoms with Crippen molar-refractivity contribution < 1.29 is 18.7 Å². The Hall–Kier alpha value is -1.89. The molecular weight excluding hydrogens is 258 g/mol. The summed E-state index contributed by atoms with van der Waals surface area (Å²) < 4.78 is 27.5. The Morgan fingerprint density at radius 1 is 1.37 bits per heavy atom. The normalized spacial score (nSPS) is 13.2. The standard InChI is InChI=1S/C12H14F2N2O3/c1-7(2)15-11(18)12(13,14)10(17)8-5-3-4-6-9(8)16-19/h3-7,10,17H,1-2H3,(H,15,18). The fourth-order valence-corrected chi connectivity index (χ4v) is 1.48. The van der Waals surface area contributed by atoms with Crippen molar-refractivity contribution in [3.8, 4) is 0 Å². The Bertz CT molecular complexity index is 478. The Morgan fingerprint density at radius 3 is 2.47 bits per heavy atom. The van der Waals surface area contributed by atoms with Crippen LogP contribution in [0, 0.1) is 4.91 Å². The number of aliphatic hydroxyl groups excluding tert-OH is 1. The van der Waals surface area contributed by atoms with E-state index in [1.165, 1.54) is 32.0 Å². The van der Waals surface area contributed by atoms with Crippen molar-refractivity contribution in [2.45, 2.75) is 31.9 Å². The molecule has 1 aromatic rings. The Balaban J connectivity index is 3.06. The molecule has 5 nitrogen and oxygen atoms in total. The van der Waals surface area contributed by atoms with E-state index in [4.69, 9.17) is 0 Å². The SMILES string of the molecule is CC(C)NC(=O)C(F)(F)C(O)c1ccccc1N=O. The summed E-state index contributed by atoms with van der Waals surface area (Å²) >= 11 is 0. The summed E-state index contributed by atoms with van der Waals surface area (Å²) in [5.74, 6) is -5.65. The minimum atomic E-state index is -4.05. The van der Waals surface area contributed by atoms with E-state index in [-0.39, 0.29) is 11.3 Å². The second-order valence-corrected chi connectivity index (χ2v) is 4.30. The van der Waals surface area contributed by atoms with Crippen LogP contribution in [-0.2, 0) is 4.79 Å². The molecule has 0 fully saturated rings. The number of nitroso groups, excluding NO2 is 1. The van der Waals surface area contributed by atoms with Crippen LogP contribution in [0.1, 0.15) is 25.5 Å². The molecule has 0 heterocycles. The first-order valence-electron chi connectivity index (χ1n) is 5.59. The molecule has 1 unspecified atom stereocenters. The highest BCUT2D eigenvalue weighted by molar-refractivity contribution is 5.84. The molecule has 19 heavy (non-hydrogen) atoms. The van der Waals surface area contributed by atoms with E-state index in [0.29, 0.717) is 0 Å². The number of benzene rings is 1. The van der Waals surface area contributed by atoms with E-state index < -0.39 is 24.0 Å². The highest BCUT2D eigenvalue weighted by Gasteiger charge is 2.48. The van der Waals surface area contributed by atoms with Crippen molar-refractivity contribution in [1.82, 2.24) is 5.32 Å². The summed E-state index contributed by atoms with van der Waals surface area (Å²) in [7, 11) is 0. The van der Waals surface area contributed by atoms with Gasteiger partial charge in [0.05, 0.1) is 0 Å². The van der Waals surface area contributed by atoms with E-state index in [1.807, 2.05) is 5.32 Å². The molecule has 2 N–H and O–H groups in total. The molecule has 7 heteroatoms. The van der Waals surface area contributed by atoms with Crippen LogP contribution in [0.2, 0.25) is 0 Å². The number of hydrogen-bond acceptors (Lipinski definition) is 4. The van der Waals surface area contributed by atoms with Crippen molar-refractivity contribution in [3.63, 3.8) is 0 Å². The largest absolute Gasteiger partial charge is 0.381 e. The van der Waals surface area contributed by atoms with Gasteiger partial charge in [0.25, 0.3) is 5.91 Å². The van der Waals surface area contributed by atoms with Gasteiger partial charge in [0.1, 0.15) is 5.69 Å². The predicted octanol–water partition coefficient (Wildman–Crippen LogP) is 2.28. The lowest BCUT2D eigenvalue weighted by Gasteiger charge is -2.23. The topological polar surface area (TPSA) is 78.8 Å². The predicted molar refractivity (Wildman–Crippen MR) is 65.1 cm³/mol. The zero-order valence-corrected chi connectivity index (χ0v) is 10.4. The minimum Gasteiger partial charge on any atom is -0.381 e. The molecule has 1 aromatic carbocycles. The van der Waals surface area contributed by atoms with Gasteiger partial charge in [0, 0.05) is 11.6 Å².